The van der Waals surface area contributed by atoms with Crippen molar-refractivity contribution in [1.29, 1.82) is 0 Å². The highest BCUT2D eigenvalue weighted by Gasteiger charge is 2.34. The first-order valence-corrected chi connectivity index (χ1v) is 6.04. The molecule has 0 bridgehead atoms. The highest BCUT2D eigenvalue weighted by atomic mass is 19.1. The lowest BCUT2D eigenvalue weighted by Crippen LogP contribution is -2.46. The van der Waals surface area contributed by atoms with E-state index in [9.17, 15) is 14.0 Å². The highest BCUT2D eigenvalue weighted by Crippen LogP contribution is 2.27. The second-order valence-corrected chi connectivity index (χ2v) is 5.60. The van der Waals surface area contributed by atoms with Gasteiger partial charge in [-0.3, -0.25) is 9.69 Å². The average molecular weight is 261 g/mol. The van der Waals surface area contributed by atoms with E-state index in [1.807, 2.05) is 0 Å². The third kappa shape index (κ3) is 4.50. The van der Waals surface area contributed by atoms with Crippen molar-refractivity contribution >= 4 is 12.1 Å². The van der Waals surface area contributed by atoms with Crippen molar-refractivity contribution in [3.8, 4) is 0 Å². The van der Waals surface area contributed by atoms with Crippen LogP contribution in [-0.4, -0.2) is 40.5 Å². The zero-order chi connectivity index (χ0) is 13.9. The van der Waals surface area contributed by atoms with Crippen molar-refractivity contribution in [2.75, 3.05) is 6.54 Å². The number of amides is 1. The minimum atomic E-state index is -1.46. The van der Waals surface area contributed by atoms with Crippen molar-refractivity contribution < 1.29 is 23.8 Å². The van der Waals surface area contributed by atoms with Crippen LogP contribution in [0.3, 0.4) is 0 Å². The molecule has 0 spiro atoms. The third-order valence-electron chi connectivity index (χ3n) is 2.74. The molecular weight excluding hydrogens is 241 g/mol. The van der Waals surface area contributed by atoms with Crippen LogP contribution in [0, 0.1) is 5.92 Å². The smallest absolute Gasteiger partial charge is 0.412 e. The van der Waals surface area contributed by atoms with E-state index in [0.29, 0.717) is 6.42 Å². The Hall–Kier alpha value is -1.33. The van der Waals surface area contributed by atoms with Gasteiger partial charge in [0.25, 0.3) is 0 Å². The normalized spacial score (nSPS) is 24.8. The Morgan fingerprint density at radius 3 is 2.50 bits per heavy atom. The number of nitrogens with zero attached hydrogens (tertiary/aromatic N) is 1. The van der Waals surface area contributed by atoms with Crippen LogP contribution in [0.25, 0.3) is 0 Å². The Bertz CT molecular complexity index is 327. The summed E-state index contributed by atoms with van der Waals surface area (Å²) in [6.07, 6.45) is -1.64. The van der Waals surface area contributed by atoms with Gasteiger partial charge in [0.2, 0.25) is 0 Å². The molecule has 2 unspecified atom stereocenters. The van der Waals surface area contributed by atoms with Gasteiger partial charge < -0.3 is 9.84 Å². The molecule has 5 nitrogen and oxygen atoms in total. The van der Waals surface area contributed by atoms with E-state index >= 15 is 0 Å². The number of ether oxygens (including phenoxy) is 1. The highest BCUT2D eigenvalue weighted by molar-refractivity contribution is 5.69. The van der Waals surface area contributed by atoms with Crippen LogP contribution in [0.1, 0.15) is 40.0 Å². The van der Waals surface area contributed by atoms with E-state index in [4.69, 9.17) is 9.84 Å². The summed E-state index contributed by atoms with van der Waals surface area (Å²) in [5.41, 5.74) is -0.658. The minimum Gasteiger partial charge on any atom is -0.481 e. The number of carbonyl (C=O) groups excluding carboxylic acids is 1. The maximum atomic E-state index is 13.8. The lowest BCUT2D eigenvalue weighted by molar-refractivity contribution is -0.138. The van der Waals surface area contributed by atoms with E-state index in [-0.39, 0.29) is 25.3 Å². The van der Waals surface area contributed by atoms with E-state index in [0.717, 1.165) is 4.90 Å². The van der Waals surface area contributed by atoms with Crippen LogP contribution in [0.4, 0.5) is 9.18 Å². The Kier molecular flexibility index (Phi) is 4.53. The van der Waals surface area contributed by atoms with Gasteiger partial charge in [0.1, 0.15) is 5.60 Å². The van der Waals surface area contributed by atoms with Gasteiger partial charge in [0.05, 0.1) is 0 Å². The monoisotopic (exact) mass is 261 g/mol. The molecular formula is C12H20FNO4. The van der Waals surface area contributed by atoms with E-state index in [2.05, 4.69) is 0 Å². The second kappa shape index (κ2) is 5.54. The molecule has 1 aliphatic heterocycles. The number of alkyl halides is 1. The van der Waals surface area contributed by atoms with Crippen LogP contribution >= 0.6 is 0 Å². The lowest BCUT2D eigenvalue weighted by Gasteiger charge is -2.35. The summed E-state index contributed by atoms with van der Waals surface area (Å²) >= 11 is 0. The quantitative estimate of drug-likeness (QED) is 0.775. The molecule has 1 N–H and O–H groups in total. The molecule has 1 amide bonds. The molecule has 2 atom stereocenters. The van der Waals surface area contributed by atoms with Gasteiger partial charge >= 0.3 is 12.1 Å². The fraction of sp³-hybridized carbons (Fsp3) is 0.833. The van der Waals surface area contributed by atoms with Gasteiger partial charge in [0.15, 0.2) is 6.30 Å². The molecule has 1 saturated heterocycles. The van der Waals surface area contributed by atoms with Gasteiger partial charge in [-0.05, 0) is 33.1 Å². The topological polar surface area (TPSA) is 66.8 Å². The summed E-state index contributed by atoms with van der Waals surface area (Å²) in [7, 11) is 0. The van der Waals surface area contributed by atoms with E-state index < -0.39 is 24.0 Å². The predicted octanol–water partition coefficient (Wildman–Crippen LogP) is 2.40. The summed E-state index contributed by atoms with van der Waals surface area (Å²) in [5, 5.41) is 8.65. The molecule has 1 fully saturated rings. The van der Waals surface area contributed by atoms with Gasteiger partial charge in [-0.1, -0.05) is 0 Å². The molecule has 1 heterocycles. The molecule has 0 aromatic rings. The first kappa shape index (κ1) is 14.7. The number of carboxylic acids is 1. The number of aliphatic carboxylic acids is 1. The number of carbonyl (C=O) groups is 2. The maximum absolute atomic E-state index is 13.8. The second-order valence-electron chi connectivity index (χ2n) is 5.60. The molecule has 0 aromatic heterocycles. The fourth-order valence-corrected chi connectivity index (χ4v) is 1.94. The van der Waals surface area contributed by atoms with Gasteiger partial charge in [-0.15, -0.1) is 0 Å². The molecule has 0 saturated carbocycles. The zero-order valence-corrected chi connectivity index (χ0v) is 11.0. The Morgan fingerprint density at radius 1 is 1.44 bits per heavy atom. The Balaban J connectivity index is 2.52. The number of hydrogen-bond acceptors (Lipinski definition) is 3. The summed E-state index contributed by atoms with van der Waals surface area (Å²) in [5.74, 6) is -1.14. The molecule has 104 valence electrons. The largest absolute Gasteiger partial charge is 0.481 e. The van der Waals surface area contributed by atoms with Gasteiger partial charge in [-0.2, -0.15) is 0 Å². The molecule has 1 rings (SSSR count). The zero-order valence-electron chi connectivity index (χ0n) is 11.0. The molecule has 1 aliphatic rings. The predicted molar refractivity (Wildman–Crippen MR) is 62.8 cm³/mol. The van der Waals surface area contributed by atoms with E-state index in [1.54, 1.807) is 20.8 Å². The Morgan fingerprint density at radius 2 is 2.06 bits per heavy atom. The third-order valence-corrected chi connectivity index (χ3v) is 2.74. The number of hydrogen-bond donors (Lipinski definition) is 1. The first-order valence-electron chi connectivity index (χ1n) is 6.04. The van der Waals surface area contributed by atoms with Crippen molar-refractivity contribution in [3.63, 3.8) is 0 Å². The van der Waals surface area contributed by atoms with Crippen LogP contribution in [0.2, 0.25) is 0 Å². The van der Waals surface area contributed by atoms with Crippen LogP contribution in [0.15, 0.2) is 0 Å². The van der Waals surface area contributed by atoms with E-state index in [1.165, 1.54) is 0 Å². The fourth-order valence-electron chi connectivity index (χ4n) is 1.94. The van der Waals surface area contributed by atoms with Crippen molar-refractivity contribution in [2.45, 2.75) is 51.9 Å². The van der Waals surface area contributed by atoms with Crippen LogP contribution in [0.5, 0.6) is 0 Å². The summed E-state index contributed by atoms with van der Waals surface area (Å²) < 4.78 is 18.9. The van der Waals surface area contributed by atoms with Crippen molar-refractivity contribution in [1.82, 2.24) is 4.90 Å². The lowest BCUT2D eigenvalue weighted by atomic mass is 9.93. The average Bonchev–Trinajstić information content (AvgIpc) is 2.13. The Labute approximate surface area is 106 Å². The minimum absolute atomic E-state index is 0.0530. The molecule has 6 heteroatoms. The SMILES string of the molecule is CC(C)(C)OC(=O)N1CCC(CC(=O)O)CC1F. The first-order chi connectivity index (χ1) is 8.19. The maximum Gasteiger partial charge on any atom is 0.412 e. The van der Waals surface area contributed by atoms with Gasteiger partial charge in [0, 0.05) is 19.4 Å². The number of piperidine rings is 1. The summed E-state index contributed by atoms with van der Waals surface area (Å²) in [6, 6.07) is 0. The molecule has 18 heavy (non-hydrogen) atoms. The molecule has 0 radical (unpaired) electrons. The number of carboxylic acid groups (broad SMARTS) is 1. The summed E-state index contributed by atoms with van der Waals surface area (Å²) in [4.78, 5) is 23.3. The summed E-state index contributed by atoms with van der Waals surface area (Å²) in [6.45, 7) is 5.36. The van der Waals surface area contributed by atoms with Crippen LogP contribution < -0.4 is 0 Å². The van der Waals surface area contributed by atoms with Gasteiger partial charge in [-0.25, -0.2) is 9.18 Å². The number of halogens is 1. The standard InChI is InChI=1S/C12H20FNO4/c1-12(2,3)18-11(17)14-5-4-8(6-9(14)13)7-10(15)16/h8-9H,4-7H2,1-3H3,(H,15,16). The number of rotatable bonds is 2. The van der Waals surface area contributed by atoms with Crippen LogP contribution in [-0.2, 0) is 9.53 Å². The molecule has 0 aromatic carbocycles. The van der Waals surface area contributed by atoms with Crippen molar-refractivity contribution in [3.05, 3.63) is 0 Å². The number of likely N-dealkylation sites (tertiary alicyclic amines) is 1. The molecule has 0 aliphatic carbocycles. The van der Waals surface area contributed by atoms with Crippen molar-refractivity contribution in [2.24, 2.45) is 5.92 Å².